The molecular formula is C24H15Cl2FN4O2. The highest BCUT2D eigenvalue weighted by Gasteiger charge is 2.19. The summed E-state index contributed by atoms with van der Waals surface area (Å²) in [6.45, 7) is 0.0341. The molecule has 0 aliphatic rings. The minimum atomic E-state index is -0.736. The Morgan fingerprint density at radius 1 is 0.909 bits per heavy atom. The molecule has 0 radical (unpaired) electrons. The Morgan fingerprint density at radius 3 is 2.18 bits per heavy atom. The average Bonchev–Trinajstić information content (AvgIpc) is 3.12. The summed E-state index contributed by atoms with van der Waals surface area (Å²) in [5.41, 5.74) is 3.51. The quantitative estimate of drug-likeness (QED) is 0.372. The maximum Gasteiger partial charge on any atom is 0.367 e. The van der Waals surface area contributed by atoms with Gasteiger partial charge in [0.15, 0.2) is 17.2 Å². The van der Waals surface area contributed by atoms with E-state index in [2.05, 4.69) is 10.2 Å². The van der Waals surface area contributed by atoms with E-state index >= 15 is 0 Å². The van der Waals surface area contributed by atoms with E-state index in [1.54, 1.807) is 30.5 Å². The number of benzene rings is 3. The van der Waals surface area contributed by atoms with Crippen molar-refractivity contribution in [2.24, 2.45) is 0 Å². The molecule has 9 heteroatoms. The molecule has 5 aromatic rings. The minimum absolute atomic E-state index is 0.0341. The molecule has 33 heavy (non-hydrogen) atoms. The molecule has 0 aliphatic heterocycles. The fraction of sp³-hybridized carbons (Fsp3) is 0.0417. The van der Waals surface area contributed by atoms with Gasteiger partial charge in [-0.05, 0) is 53.1 Å². The van der Waals surface area contributed by atoms with E-state index in [-0.39, 0.29) is 6.54 Å². The molecule has 0 atom stereocenters. The normalized spacial score (nSPS) is 11.2. The second-order valence-electron chi connectivity index (χ2n) is 7.41. The van der Waals surface area contributed by atoms with Crippen LogP contribution < -0.4 is 5.69 Å². The van der Waals surface area contributed by atoms with Crippen molar-refractivity contribution in [3.8, 4) is 28.0 Å². The lowest BCUT2D eigenvalue weighted by atomic mass is 9.97. The van der Waals surface area contributed by atoms with E-state index < -0.39 is 17.3 Å². The first-order valence-electron chi connectivity index (χ1n) is 9.89. The zero-order chi connectivity index (χ0) is 23.1. The SMILES string of the molecule is O=c1n(Cc2ccc(F)c(O)c2)nc2c(-c3ccc(Cl)cc3)c(-c3ccc(Cl)cc3)cnn12. The number of hydrogen-bond acceptors (Lipinski definition) is 4. The summed E-state index contributed by atoms with van der Waals surface area (Å²) in [6.07, 6.45) is 1.61. The summed E-state index contributed by atoms with van der Waals surface area (Å²) in [4.78, 5) is 13.0. The van der Waals surface area contributed by atoms with Crippen LogP contribution >= 0.6 is 23.2 Å². The lowest BCUT2D eigenvalue weighted by molar-refractivity contribution is 0.431. The number of halogens is 3. The van der Waals surface area contributed by atoms with Crippen LogP contribution in [0.25, 0.3) is 27.9 Å². The number of rotatable bonds is 4. The van der Waals surface area contributed by atoms with Crippen LogP contribution in [-0.2, 0) is 6.54 Å². The molecule has 6 nitrogen and oxygen atoms in total. The number of phenols is 1. The molecule has 2 heterocycles. The van der Waals surface area contributed by atoms with Gasteiger partial charge in [-0.15, -0.1) is 5.10 Å². The molecule has 164 valence electrons. The second kappa shape index (κ2) is 8.35. The Kier molecular flexibility index (Phi) is 5.36. The lowest BCUT2D eigenvalue weighted by Gasteiger charge is -2.11. The van der Waals surface area contributed by atoms with E-state index in [9.17, 15) is 14.3 Å². The molecular weight excluding hydrogens is 466 g/mol. The smallest absolute Gasteiger partial charge is 0.367 e. The summed E-state index contributed by atoms with van der Waals surface area (Å²) in [7, 11) is 0. The Bertz CT molecular complexity index is 1540. The summed E-state index contributed by atoms with van der Waals surface area (Å²) in [5.74, 6) is -1.23. The zero-order valence-corrected chi connectivity index (χ0v) is 18.4. The van der Waals surface area contributed by atoms with Crippen LogP contribution in [0.15, 0.2) is 77.7 Å². The summed E-state index contributed by atoms with van der Waals surface area (Å²) in [6, 6.07) is 18.4. The van der Waals surface area contributed by atoms with E-state index in [1.165, 1.54) is 21.3 Å². The molecule has 0 saturated heterocycles. The molecule has 0 unspecified atom stereocenters. The van der Waals surface area contributed by atoms with Gasteiger partial charge >= 0.3 is 5.69 Å². The monoisotopic (exact) mass is 480 g/mol. The molecule has 2 aromatic heterocycles. The minimum Gasteiger partial charge on any atom is -0.505 e. The maximum absolute atomic E-state index is 13.4. The Labute approximate surface area is 197 Å². The Balaban J connectivity index is 1.72. The van der Waals surface area contributed by atoms with Gasteiger partial charge in [0.2, 0.25) is 0 Å². The van der Waals surface area contributed by atoms with Crippen molar-refractivity contribution in [1.29, 1.82) is 0 Å². The third kappa shape index (κ3) is 3.97. The topological polar surface area (TPSA) is 72.4 Å². The number of aromatic nitrogens is 4. The number of hydrogen-bond donors (Lipinski definition) is 1. The fourth-order valence-electron chi connectivity index (χ4n) is 3.64. The fourth-order valence-corrected chi connectivity index (χ4v) is 3.89. The summed E-state index contributed by atoms with van der Waals surface area (Å²) < 4.78 is 15.9. The highest BCUT2D eigenvalue weighted by atomic mass is 35.5. The van der Waals surface area contributed by atoms with E-state index in [1.807, 2.05) is 24.3 Å². The molecule has 5 rings (SSSR count). The maximum atomic E-state index is 13.4. The van der Waals surface area contributed by atoms with Gasteiger partial charge in [-0.25, -0.2) is 13.9 Å². The van der Waals surface area contributed by atoms with Crippen LogP contribution in [0.2, 0.25) is 10.0 Å². The van der Waals surface area contributed by atoms with Crippen molar-refractivity contribution < 1.29 is 9.50 Å². The first kappa shape index (κ1) is 21.2. The van der Waals surface area contributed by atoms with Gasteiger partial charge in [-0.1, -0.05) is 53.5 Å². The van der Waals surface area contributed by atoms with Gasteiger partial charge in [-0.3, -0.25) is 0 Å². The zero-order valence-electron chi connectivity index (χ0n) is 16.9. The van der Waals surface area contributed by atoms with Crippen LogP contribution in [0.4, 0.5) is 4.39 Å². The molecule has 0 aliphatic carbocycles. The Hall–Kier alpha value is -3.68. The highest BCUT2D eigenvalue weighted by molar-refractivity contribution is 6.31. The van der Waals surface area contributed by atoms with Crippen molar-refractivity contribution in [3.63, 3.8) is 0 Å². The van der Waals surface area contributed by atoms with Crippen LogP contribution in [-0.4, -0.2) is 24.5 Å². The standard InChI is InChI=1S/C24H15Cl2FN4O2/c25-17-6-2-15(3-7-17)19-12-28-31-23(22(19)16-4-8-18(26)9-5-16)29-30(24(31)33)13-14-1-10-20(27)21(32)11-14/h1-12,32H,13H2. The lowest BCUT2D eigenvalue weighted by Crippen LogP contribution is -2.23. The third-order valence-corrected chi connectivity index (χ3v) is 5.75. The van der Waals surface area contributed by atoms with E-state index in [0.29, 0.717) is 26.8 Å². The molecule has 0 bridgehead atoms. The van der Waals surface area contributed by atoms with E-state index in [0.717, 1.165) is 22.8 Å². The number of nitrogens with zero attached hydrogens (tertiary/aromatic N) is 4. The van der Waals surface area contributed by atoms with Gasteiger partial charge in [-0.2, -0.15) is 9.61 Å². The van der Waals surface area contributed by atoms with Gasteiger partial charge in [0.25, 0.3) is 0 Å². The van der Waals surface area contributed by atoms with Crippen molar-refractivity contribution >= 4 is 28.8 Å². The largest absolute Gasteiger partial charge is 0.505 e. The van der Waals surface area contributed by atoms with Gasteiger partial charge in [0.1, 0.15) is 0 Å². The molecule has 0 amide bonds. The molecule has 0 saturated carbocycles. The van der Waals surface area contributed by atoms with Crippen molar-refractivity contribution in [2.75, 3.05) is 0 Å². The molecule has 0 fully saturated rings. The number of aromatic hydroxyl groups is 1. The van der Waals surface area contributed by atoms with Crippen molar-refractivity contribution in [1.82, 2.24) is 19.4 Å². The first-order chi connectivity index (χ1) is 15.9. The molecule has 3 aromatic carbocycles. The highest BCUT2D eigenvalue weighted by Crippen LogP contribution is 2.35. The van der Waals surface area contributed by atoms with Gasteiger partial charge < -0.3 is 5.11 Å². The van der Waals surface area contributed by atoms with Crippen LogP contribution in [0, 0.1) is 5.82 Å². The first-order valence-corrected chi connectivity index (χ1v) is 10.6. The van der Waals surface area contributed by atoms with Crippen LogP contribution in [0.5, 0.6) is 5.75 Å². The second-order valence-corrected chi connectivity index (χ2v) is 8.28. The van der Waals surface area contributed by atoms with Gasteiger partial charge in [0.05, 0.1) is 12.7 Å². The Morgan fingerprint density at radius 2 is 1.55 bits per heavy atom. The molecule has 1 N–H and O–H groups in total. The van der Waals surface area contributed by atoms with Gasteiger partial charge in [0, 0.05) is 21.2 Å². The van der Waals surface area contributed by atoms with Crippen LogP contribution in [0.1, 0.15) is 5.56 Å². The number of phenolic OH excluding ortho intramolecular Hbond substituents is 1. The van der Waals surface area contributed by atoms with E-state index in [4.69, 9.17) is 23.2 Å². The molecule has 0 spiro atoms. The van der Waals surface area contributed by atoms with Crippen LogP contribution in [0.3, 0.4) is 0 Å². The predicted molar refractivity (Wildman–Crippen MR) is 125 cm³/mol. The van der Waals surface area contributed by atoms with Crippen molar-refractivity contribution in [3.05, 3.63) is 105 Å². The van der Waals surface area contributed by atoms with Crippen molar-refractivity contribution in [2.45, 2.75) is 6.54 Å². The predicted octanol–water partition coefficient (Wildman–Crippen LogP) is 5.42. The summed E-state index contributed by atoms with van der Waals surface area (Å²) >= 11 is 12.1. The third-order valence-electron chi connectivity index (χ3n) is 5.24. The summed E-state index contributed by atoms with van der Waals surface area (Å²) in [5, 5.41) is 19.7. The average molecular weight is 481 g/mol. The number of fused-ring (bicyclic) bond motifs is 1.